The van der Waals surface area contributed by atoms with Crippen molar-refractivity contribution in [3.8, 4) is 11.5 Å². The molecular weight excluding hydrogens is 414 g/mol. The van der Waals surface area contributed by atoms with Gasteiger partial charge >= 0.3 is 6.03 Å². The lowest BCUT2D eigenvalue weighted by atomic mass is 9.93. The molecule has 1 heterocycles. The number of hydrogen-bond acceptors (Lipinski definition) is 4. The van der Waals surface area contributed by atoms with Crippen molar-refractivity contribution in [2.45, 2.75) is 26.2 Å². The fourth-order valence-corrected chi connectivity index (χ4v) is 4.08. The zero-order chi connectivity index (χ0) is 23.2. The standard InChI is InChI=1S/C27H29N3O3/c1-4-19-7-5-6-8-23(19)30-27(31)29-21-11-9-18(10-12-21)15-24-22-17-26(33-3)25(32-2)16-20(22)13-14-28-24/h5-12,16-17H,4,13-15H2,1-3H3,(H2,29,30,31). The second kappa shape index (κ2) is 10.2. The van der Waals surface area contributed by atoms with Crippen LogP contribution in [0.4, 0.5) is 16.2 Å². The van der Waals surface area contributed by atoms with E-state index in [9.17, 15) is 4.79 Å². The first-order valence-electron chi connectivity index (χ1n) is 11.1. The predicted molar refractivity (Wildman–Crippen MR) is 133 cm³/mol. The average Bonchev–Trinajstić information content (AvgIpc) is 2.84. The Kier molecular flexibility index (Phi) is 6.93. The Balaban J connectivity index is 1.43. The van der Waals surface area contributed by atoms with Crippen molar-refractivity contribution >= 4 is 23.1 Å². The number of fused-ring (bicyclic) bond motifs is 1. The van der Waals surface area contributed by atoms with Crippen molar-refractivity contribution in [1.29, 1.82) is 0 Å². The largest absolute Gasteiger partial charge is 0.493 e. The Bertz CT molecular complexity index is 1170. The molecule has 0 saturated carbocycles. The van der Waals surface area contributed by atoms with Gasteiger partial charge in [-0.15, -0.1) is 0 Å². The van der Waals surface area contributed by atoms with Crippen molar-refractivity contribution in [3.63, 3.8) is 0 Å². The zero-order valence-corrected chi connectivity index (χ0v) is 19.3. The molecule has 0 bridgehead atoms. The molecule has 0 saturated heterocycles. The number of carbonyl (C=O) groups is 1. The molecule has 170 valence electrons. The predicted octanol–water partition coefficient (Wildman–Crippen LogP) is 5.50. The molecule has 1 aliphatic rings. The van der Waals surface area contributed by atoms with Crippen LogP contribution in [0.2, 0.25) is 0 Å². The summed E-state index contributed by atoms with van der Waals surface area (Å²) in [6.45, 7) is 2.83. The van der Waals surface area contributed by atoms with Crippen LogP contribution in [0, 0.1) is 0 Å². The summed E-state index contributed by atoms with van der Waals surface area (Å²) < 4.78 is 10.9. The minimum Gasteiger partial charge on any atom is -0.493 e. The van der Waals surface area contributed by atoms with E-state index in [-0.39, 0.29) is 6.03 Å². The number of anilines is 2. The number of amides is 2. The van der Waals surface area contributed by atoms with Crippen LogP contribution in [-0.2, 0) is 19.3 Å². The Morgan fingerprint density at radius 2 is 1.70 bits per heavy atom. The highest BCUT2D eigenvalue weighted by Crippen LogP contribution is 2.33. The molecule has 0 aromatic heterocycles. The molecule has 0 atom stereocenters. The molecule has 2 amide bonds. The monoisotopic (exact) mass is 443 g/mol. The van der Waals surface area contributed by atoms with E-state index in [2.05, 4.69) is 17.6 Å². The first-order valence-corrected chi connectivity index (χ1v) is 11.1. The molecule has 0 unspecified atom stereocenters. The first-order chi connectivity index (χ1) is 16.1. The molecule has 1 aliphatic heterocycles. The number of nitrogens with one attached hydrogen (secondary N) is 2. The molecule has 2 N–H and O–H groups in total. The lowest BCUT2D eigenvalue weighted by Gasteiger charge is -2.20. The number of urea groups is 1. The topological polar surface area (TPSA) is 72.0 Å². The molecule has 6 nitrogen and oxygen atoms in total. The zero-order valence-electron chi connectivity index (χ0n) is 19.3. The van der Waals surface area contributed by atoms with E-state index in [1.165, 1.54) is 5.56 Å². The maximum absolute atomic E-state index is 12.4. The minimum atomic E-state index is -0.254. The number of methoxy groups -OCH3 is 2. The van der Waals surface area contributed by atoms with Crippen LogP contribution >= 0.6 is 0 Å². The van der Waals surface area contributed by atoms with E-state index in [4.69, 9.17) is 14.5 Å². The van der Waals surface area contributed by atoms with Gasteiger partial charge in [0, 0.05) is 35.6 Å². The normalized spacial score (nSPS) is 12.4. The summed E-state index contributed by atoms with van der Waals surface area (Å²) in [6, 6.07) is 19.5. The highest BCUT2D eigenvalue weighted by Gasteiger charge is 2.18. The lowest BCUT2D eigenvalue weighted by molar-refractivity contribution is 0.262. The van der Waals surface area contributed by atoms with Crippen LogP contribution in [0.1, 0.15) is 29.2 Å². The molecule has 0 radical (unpaired) electrons. The second-order valence-corrected chi connectivity index (χ2v) is 7.91. The smallest absolute Gasteiger partial charge is 0.323 e. The molecule has 4 rings (SSSR count). The van der Waals surface area contributed by atoms with Gasteiger partial charge in [-0.2, -0.15) is 0 Å². The van der Waals surface area contributed by atoms with Gasteiger partial charge in [-0.1, -0.05) is 37.3 Å². The summed E-state index contributed by atoms with van der Waals surface area (Å²) in [7, 11) is 3.30. The van der Waals surface area contributed by atoms with E-state index in [1.54, 1.807) is 14.2 Å². The molecule has 0 aliphatic carbocycles. The van der Waals surface area contributed by atoms with E-state index in [0.29, 0.717) is 12.2 Å². The number of aliphatic imine (C=N–C) groups is 1. The van der Waals surface area contributed by atoms with Gasteiger partial charge in [0.05, 0.1) is 14.2 Å². The van der Waals surface area contributed by atoms with Gasteiger partial charge in [-0.3, -0.25) is 4.99 Å². The highest BCUT2D eigenvalue weighted by atomic mass is 16.5. The Labute approximate surface area is 194 Å². The Hall–Kier alpha value is -3.80. The van der Waals surface area contributed by atoms with Crippen LogP contribution in [-0.4, -0.2) is 32.5 Å². The molecule has 3 aromatic carbocycles. The van der Waals surface area contributed by atoms with Gasteiger partial charge in [0.15, 0.2) is 11.5 Å². The van der Waals surface area contributed by atoms with Crippen LogP contribution in [0.3, 0.4) is 0 Å². The maximum atomic E-state index is 12.4. The SMILES string of the molecule is CCc1ccccc1NC(=O)Nc1ccc(CC2=NCCc3cc(OC)c(OC)cc32)cc1. The lowest BCUT2D eigenvalue weighted by Crippen LogP contribution is -2.20. The van der Waals surface area contributed by atoms with E-state index in [1.807, 2.05) is 60.7 Å². The summed E-state index contributed by atoms with van der Waals surface area (Å²) in [4.78, 5) is 17.2. The van der Waals surface area contributed by atoms with Crippen molar-refractivity contribution in [2.24, 2.45) is 4.99 Å². The molecule has 3 aromatic rings. The van der Waals surface area contributed by atoms with Crippen molar-refractivity contribution < 1.29 is 14.3 Å². The summed E-state index contributed by atoms with van der Waals surface area (Å²) in [5.74, 6) is 1.45. The summed E-state index contributed by atoms with van der Waals surface area (Å²) in [6.07, 6.45) is 2.45. The molecule has 0 fully saturated rings. The maximum Gasteiger partial charge on any atom is 0.323 e. The number of para-hydroxylation sites is 1. The van der Waals surface area contributed by atoms with Gasteiger partial charge in [0.1, 0.15) is 0 Å². The van der Waals surface area contributed by atoms with Crippen molar-refractivity contribution in [1.82, 2.24) is 0 Å². The van der Waals surface area contributed by atoms with Crippen LogP contribution in [0.15, 0.2) is 65.7 Å². The van der Waals surface area contributed by atoms with Gasteiger partial charge in [-0.05, 0) is 59.9 Å². The van der Waals surface area contributed by atoms with Gasteiger partial charge < -0.3 is 20.1 Å². The van der Waals surface area contributed by atoms with Crippen LogP contribution < -0.4 is 20.1 Å². The second-order valence-electron chi connectivity index (χ2n) is 7.91. The highest BCUT2D eigenvalue weighted by molar-refractivity contribution is 6.04. The number of aryl methyl sites for hydroxylation is 1. The average molecular weight is 444 g/mol. The van der Waals surface area contributed by atoms with Crippen molar-refractivity contribution in [2.75, 3.05) is 31.4 Å². The number of hydrogen-bond donors (Lipinski definition) is 2. The number of nitrogens with zero attached hydrogens (tertiary/aromatic N) is 1. The Morgan fingerprint density at radius 1 is 0.970 bits per heavy atom. The van der Waals surface area contributed by atoms with E-state index >= 15 is 0 Å². The third-order valence-corrected chi connectivity index (χ3v) is 5.83. The van der Waals surface area contributed by atoms with Crippen LogP contribution in [0.5, 0.6) is 11.5 Å². The summed E-state index contributed by atoms with van der Waals surface area (Å²) >= 11 is 0. The summed E-state index contributed by atoms with van der Waals surface area (Å²) in [5, 5.41) is 5.84. The van der Waals surface area contributed by atoms with Crippen LogP contribution in [0.25, 0.3) is 0 Å². The Morgan fingerprint density at radius 3 is 2.42 bits per heavy atom. The molecule has 0 spiro atoms. The minimum absolute atomic E-state index is 0.254. The number of rotatable bonds is 7. The van der Waals surface area contributed by atoms with Crippen molar-refractivity contribution in [3.05, 3.63) is 82.9 Å². The van der Waals surface area contributed by atoms with Gasteiger partial charge in [-0.25, -0.2) is 4.79 Å². The fraction of sp³-hybridized carbons (Fsp3) is 0.259. The number of benzene rings is 3. The third kappa shape index (κ3) is 5.17. The van der Waals surface area contributed by atoms with Gasteiger partial charge in [0.2, 0.25) is 0 Å². The summed E-state index contributed by atoms with van der Waals surface area (Å²) in [5.41, 5.74) is 7.16. The molecular formula is C27H29N3O3. The van der Waals surface area contributed by atoms with E-state index in [0.717, 1.165) is 58.9 Å². The first kappa shape index (κ1) is 22.4. The third-order valence-electron chi connectivity index (χ3n) is 5.83. The number of carbonyl (C=O) groups excluding carboxylic acids is 1. The van der Waals surface area contributed by atoms with Gasteiger partial charge in [0.25, 0.3) is 0 Å². The number of ether oxygens (including phenoxy) is 2. The fourth-order valence-electron chi connectivity index (χ4n) is 4.08. The van der Waals surface area contributed by atoms with E-state index < -0.39 is 0 Å². The quantitative estimate of drug-likeness (QED) is 0.507. The molecule has 6 heteroatoms. The molecule has 33 heavy (non-hydrogen) atoms.